The quantitative estimate of drug-likeness (QED) is 0.160. The number of nitrogens with one attached hydrogen (secondary N) is 3. The molecule has 0 heterocycles. The van der Waals surface area contributed by atoms with Crippen molar-refractivity contribution in [2.24, 2.45) is 17.4 Å². The Kier molecular flexibility index (Phi) is 10.9. The summed E-state index contributed by atoms with van der Waals surface area (Å²) in [6.45, 7) is 2.77. The first-order valence-corrected chi connectivity index (χ1v) is 8.69. The standard InChI is InChI=1S/C16H27N5O8/c1-7(2)3-9(20-14(27)8(17)4-12(23)24)16(29)21-10(5-11(18)22)15(28)19-6-13(25)26/h7-10H,3-6,17H2,1-2H3,(H2,18,22)(H,19,28)(H,20,27)(H,21,29)(H,23,24)(H,25,26). The minimum Gasteiger partial charge on any atom is -0.481 e. The molecule has 0 saturated heterocycles. The van der Waals surface area contributed by atoms with E-state index in [0.717, 1.165) is 0 Å². The zero-order chi connectivity index (χ0) is 22.7. The van der Waals surface area contributed by atoms with Crippen molar-refractivity contribution in [2.75, 3.05) is 6.54 Å². The molecule has 0 aliphatic rings. The highest BCUT2D eigenvalue weighted by Crippen LogP contribution is 2.07. The van der Waals surface area contributed by atoms with Gasteiger partial charge in [-0.05, 0) is 12.3 Å². The monoisotopic (exact) mass is 417 g/mol. The van der Waals surface area contributed by atoms with Crippen molar-refractivity contribution in [3.63, 3.8) is 0 Å². The third-order valence-electron chi connectivity index (χ3n) is 3.52. The molecule has 0 aliphatic heterocycles. The number of aliphatic carboxylic acids is 2. The lowest BCUT2D eigenvalue weighted by Crippen LogP contribution is -2.57. The van der Waals surface area contributed by atoms with Gasteiger partial charge in [0.25, 0.3) is 0 Å². The number of carbonyl (C=O) groups excluding carboxylic acids is 4. The number of hydrogen-bond donors (Lipinski definition) is 7. The number of carboxylic acid groups (broad SMARTS) is 2. The van der Waals surface area contributed by atoms with Crippen LogP contribution in [0.3, 0.4) is 0 Å². The van der Waals surface area contributed by atoms with Gasteiger partial charge in [-0.25, -0.2) is 0 Å². The van der Waals surface area contributed by atoms with Gasteiger partial charge in [0.2, 0.25) is 23.6 Å². The summed E-state index contributed by atoms with van der Waals surface area (Å²) in [4.78, 5) is 69.1. The highest BCUT2D eigenvalue weighted by atomic mass is 16.4. The van der Waals surface area contributed by atoms with Crippen LogP contribution in [0.5, 0.6) is 0 Å². The first-order chi connectivity index (χ1) is 13.3. The van der Waals surface area contributed by atoms with E-state index in [1.54, 1.807) is 13.8 Å². The average Bonchev–Trinajstić information content (AvgIpc) is 2.56. The van der Waals surface area contributed by atoms with Crippen LogP contribution < -0.4 is 27.4 Å². The van der Waals surface area contributed by atoms with Crippen LogP contribution in [0.15, 0.2) is 0 Å². The van der Waals surface area contributed by atoms with Gasteiger partial charge in [0, 0.05) is 0 Å². The van der Waals surface area contributed by atoms with Crippen LogP contribution in [0.25, 0.3) is 0 Å². The van der Waals surface area contributed by atoms with E-state index in [0.29, 0.717) is 0 Å². The van der Waals surface area contributed by atoms with E-state index in [9.17, 15) is 28.8 Å². The van der Waals surface area contributed by atoms with Crippen LogP contribution in [0.1, 0.15) is 33.1 Å². The number of rotatable bonds is 13. The second kappa shape index (κ2) is 12.3. The van der Waals surface area contributed by atoms with Crippen LogP contribution in [-0.2, 0) is 28.8 Å². The molecule has 0 aliphatic carbocycles. The molecule has 0 aromatic rings. The largest absolute Gasteiger partial charge is 0.481 e. The molecule has 3 unspecified atom stereocenters. The SMILES string of the molecule is CC(C)CC(NC(=O)C(N)CC(=O)O)C(=O)NC(CC(N)=O)C(=O)NCC(=O)O. The fraction of sp³-hybridized carbons (Fsp3) is 0.625. The lowest BCUT2D eigenvalue weighted by atomic mass is 10.0. The normalized spacial score (nSPS) is 13.7. The molecule has 0 fully saturated rings. The van der Waals surface area contributed by atoms with Crippen LogP contribution >= 0.6 is 0 Å². The van der Waals surface area contributed by atoms with E-state index >= 15 is 0 Å². The second-order valence-electron chi connectivity index (χ2n) is 6.74. The predicted octanol–water partition coefficient (Wildman–Crippen LogP) is -3.12. The van der Waals surface area contributed by atoms with Crippen molar-refractivity contribution >= 4 is 35.6 Å². The summed E-state index contributed by atoms with van der Waals surface area (Å²) < 4.78 is 0. The number of carbonyl (C=O) groups is 6. The predicted molar refractivity (Wildman–Crippen MR) is 98.0 cm³/mol. The van der Waals surface area contributed by atoms with Gasteiger partial charge in [-0.15, -0.1) is 0 Å². The highest BCUT2D eigenvalue weighted by Gasteiger charge is 2.30. The minimum atomic E-state index is -1.46. The van der Waals surface area contributed by atoms with E-state index in [1.807, 2.05) is 5.32 Å². The smallest absolute Gasteiger partial charge is 0.322 e. The van der Waals surface area contributed by atoms with E-state index in [2.05, 4.69) is 10.6 Å². The molecule has 164 valence electrons. The van der Waals surface area contributed by atoms with Gasteiger partial charge >= 0.3 is 11.9 Å². The number of amides is 4. The average molecular weight is 417 g/mol. The Morgan fingerprint density at radius 1 is 0.828 bits per heavy atom. The summed E-state index contributed by atoms with van der Waals surface area (Å²) in [7, 11) is 0. The molecule has 0 aromatic heterocycles. The molecule has 0 saturated carbocycles. The molecule has 9 N–H and O–H groups in total. The van der Waals surface area contributed by atoms with Crippen LogP contribution in [0, 0.1) is 5.92 Å². The van der Waals surface area contributed by atoms with Crippen LogP contribution in [0.2, 0.25) is 0 Å². The van der Waals surface area contributed by atoms with Gasteiger partial charge < -0.3 is 37.6 Å². The summed E-state index contributed by atoms with van der Waals surface area (Å²) >= 11 is 0. The number of nitrogens with two attached hydrogens (primary N) is 2. The summed E-state index contributed by atoms with van der Waals surface area (Å²) in [5.41, 5.74) is 10.5. The Hall–Kier alpha value is -3.22. The van der Waals surface area contributed by atoms with Crippen molar-refractivity contribution in [3.05, 3.63) is 0 Å². The number of hydrogen-bond acceptors (Lipinski definition) is 7. The molecule has 29 heavy (non-hydrogen) atoms. The maximum atomic E-state index is 12.6. The molecule has 13 heteroatoms. The van der Waals surface area contributed by atoms with Gasteiger partial charge in [0.15, 0.2) is 0 Å². The second-order valence-corrected chi connectivity index (χ2v) is 6.74. The van der Waals surface area contributed by atoms with Crippen molar-refractivity contribution in [1.82, 2.24) is 16.0 Å². The summed E-state index contributed by atoms with van der Waals surface area (Å²) in [5, 5.41) is 23.9. The molecule has 3 atom stereocenters. The van der Waals surface area contributed by atoms with Crippen molar-refractivity contribution in [2.45, 2.75) is 51.2 Å². The fourth-order valence-corrected chi connectivity index (χ4v) is 2.23. The van der Waals surface area contributed by atoms with E-state index in [-0.39, 0.29) is 12.3 Å². The zero-order valence-corrected chi connectivity index (χ0v) is 16.1. The maximum Gasteiger partial charge on any atom is 0.322 e. The van der Waals surface area contributed by atoms with Gasteiger partial charge in [-0.1, -0.05) is 13.8 Å². The summed E-state index contributed by atoms with van der Waals surface area (Å²) in [6.07, 6.45) is -1.13. The van der Waals surface area contributed by atoms with E-state index < -0.39 is 73.1 Å². The van der Waals surface area contributed by atoms with Crippen molar-refractivity contribution in [1.29, 1.82) is 0 Å². The van der Waals surface area contributed by atoms with Gasteiger partial charge in [0.1, 0.15) is 18.6 Å². The Morgan fingerprint density at radius 3 is 1.83 bits per heavy atom. The zero-order valence-electron chi connectivity index (χ0n) is 16.1. The molecule has 0 rings (SSSR count). The summed E-state index contributed by atoms with van der Waals surface area (Å²) in [6, 6.07) is -4.03. The van der Waals surface area contributed by atoms with Crippen molar-refractivity contribution in [3.8, 4) is 0 Å². The third-order valence-corrected chi connectivity index (χ3v) is 3.52. The first kappa shape index (κ1) is 25.8. The number of primary amides is 1. The molecule has 0 spiro atoms. The lowest BCUT2D eigenvalue weighted by Gasteiger charge is -2.24. The number of carboxylic acids is 2. The van der Waals surface area contributed by atoms with Gasteiger partial charge in [0.05, 0.1) is 18.9 Å². The van der Waals surface area contributed by atoms with Gasteiger partial charge in [-0.3, -0.25) is 28.8 Å². The lowest BCUT2D eigenvalue weighted by molar-refractivity contribution is -0.140. The van der Waals surface area contributed by atoms with Gasteiger partial charge in [-0.2, -0.15) is 0 Å². The molecule has 0 bridgehead atoms. The Bertz CT molecular complexity index is 651. The van der Waals surface area contributed by atoms with Crippen LogP contribution in [-0.4, -0.2) is 70.5 Å². The Labute approximate surface area is 166 Å². The van der Waals surface area contributed by atoms with Crippen LogP contribution in [0.4, 0.5) is 0 Å². The minimum absolute atomic E-state index is 0.0859. The summed E-state index contributed by atoms with van der Waals surface area (Å²) in [5.74, 6) is -6.31. The molecule has 0 aromatic carbocycles. The molecular weight excluding hydrogens is 390 g/mol. The Morgan fingerprint density at radius 2 is 1.38 bits per heavy atom. The fourth-order valence-electron chi connectivity index (χ4n) is 2.23. The highest BCUT2D eigenvalue weighted by molar-refractivity contribution is 5.96. The molecule has 4 amide bonds. The first-order valence-electron chi connectivity index (χ1n) is 8.69. The van der Waals surface area contributed by atoms with E-state index in [4.69, 9.17) is 21.7 Å². The molecule has 13 nitrogen and oxygen atoms in total. The topological polar surface area (TPSA) is 231 Å². The van der Waals surface area contributed by atoms with E-state index in [1.165, 1.54) is 0 Å². The molecule has 0 radical (unpaired) electrons. The van der Waals surface area contributed by atoms with Crippen molar-refractivity contribution < 1.29 is 39.0 Å². The third kappa shape index (κ3) is 11.3. The Balaban J connectivity index is 5.28. The molecular formula is C16H27N5O8. The maximum absolute atomic E-state index is 12.6.